The summed E-state index contributed by atoms with van der Waals surface area (Å²) in [5.74, 6) is 2.17. The van der Waals surface area contributed by atoms with E-state index in [1.165, 1.54) is 11.1 Å². The highest BCUT2D eigenvalue weighted by molar-refractivity contribution is 5.96. The minimum atomic E-state index is 0.0939. The van der Waals surface area contributed by atoms with Crippen LogP contribution in [0.5, 0.6) is 11.5 Å². The van der Waals surface area contributed by atoms with E-state index >= 15 is 0 Å². The molecule has 0 bridgehead atoms. The fraction of sp³-hybridized carbons (Fsp3) is 0.500. The quantitative estimate of drug-likeness (QED) is 0.617. The summed E-state index contributed by atoms with van der Waals surface area (Å²) in [6.45, 7) is 5.68. The van der Waals surface area contributed by atoms with Gasteiger partial charge in [-0.3, -0.25) is 4.79 Å². The standard InChI is InChI=1S/C28H36N4O3/c1-18-4-5-20(12-18)23-15-24(30-21-8-11-32(2)28(33)13-21)22-14-26(34-3)27(16-25(22)31-23)35-17-19-6-9-29-10-7-19/h4-5,14-16,19,21,29H,6-13,17H2,1-3H3,(H,30,31). The van der Waals surface area contributed by atoms with Gasteiger partial charge in [0.05, 0.1) is 24.9 Å². The van der Waals surface area contributed by atoms with Crippen LogP contribution < -0.4 is 20.1 Å². The van der Waals surface area contributed by atoms with E-state index < -0.39 is 0 Å². The molecular weight excluding hydrogens is 440 g/mol. The first kappa shape index (κ1) is 23.7. The van der Waals surface area contributed by atoms with Crippen molar-refractivity contribution in [1.82, 2.24) is 15.2 Å². The molecule has 1 atom stereocenters. The molecule has 35 heavy (non-hydrogen) atoms. The van der Waals surface area contributed by atoms with Crippen LogP contribution in [0.2, 0.25) is 0 Å². The monoisotopic (exact) mass is 476 g/mol. The molecule has 5 rings (SSSR count). The van der Waals surface area contributed by atoms with Crippen LogP contribution in [-0.4, -0.2) is 62.2 Å². The molecule has 0 radical (unpaired) electrons. The van der Waals surface area contributed by atoms with E-state index in [1.807, 2.05) is 19.2 Å². The molecule has 0 saturated carbocycles. The number of ether oxygens (including phenoxy) is 2. The van der Waals surface area contributed by atoms with Gasteiger partial charge in [0.25, 0.3) is 0 Å². The number of nitrogens with one attached hydrogen (secondary N) is 2. The van der Waals surface area contributed by atoms with Gasteiger partial charge in [-0.25, -0.2) is 4.98 Å². The summed E-state index contributed by atoms with van der Waals surface area (Å²) in [5, 5.41) is 8.06. The largest absolute Gasteiger partial charge is 0.493 e. The first-order valence-corrected chi connectivity index (χ1v) is 12.7. The van der Waals surface area contributed by atoms with Gasteiger partial charge in [0.2, 0.25) is 5.91 Å². The van der Waals surface area contributed by atoms with Crippen LogP contribution in [0.4, 0.5) is 5.69 Å². The average Bonchev–Trinajstić information content (AvgIpc) is 3.31. The van der Waals surface area contributed by atoms with Gasteiger partial charge in [0.15, 0.2) is 11.5 Å². The second-order valence-electron chi connectivity index (χ2n) is 10.1. The van der Waals surface area contributed by atoms with Gasteiger partial charge in [-0.2, -0.15) is 0 Å². The van der Waals surface area contributed by atoms with Crippen LogP contribution in [0.25, 0.3) is 16.5 Å². The topological polar surface area (TPSA) is 75.7 Å². The first-order chi connectivity index (χ1) is 17.0. The predicted molar refractivity (Wildman–Crippen MR) is 140 cm³/mol. The fourth-order valence-electron chi connectivity index (χ4n) is 5.17. The summed E-state index contributed by atoms with van der Waals surface area (Å²) in [6.07, 6.45) is 8.88. The Labute approximate surface area is 207 Å². The first-order valence-electron chi connectivity index (χ1n) is 12.7. The minimum absolute atomic E-state index is 0.0939. The van der Waals surface area contributed by atoms with Crippen LogP contribution in [0.15, 0.2) is 35.9 Å². The zero-order valence-corrected chi connectivity index (χ0v) is 21.0. The van der Waals surface area contributed by atoms with E-state index in [9.17, 15) is 4.79 Å². The normalized spacial score (nSPS) is 21.2. The van der Waals surface area contributed by atoms with Crippen molar-refractivity contribution in [3.63, 3.8) is 0 Å². The molecule has 3 aliphatic rings. The number of benzene rings is 1. The third-order valence-electron chi connectivity index (χ3n) is 7.41. The highest BCUT2D eigenvalue weighted by atomic mass is 16.5. The van der Waals surface area contributed by atoms with Gasteiger partial charge in [0, 0.05) is 43.2 Å². The van der Waals surface area contributed by atoms with Gasteiger partial charge < -0.3 is 25.0 Å². The molecule has 3 heterocycles. The zero-order chi connectivity index (χ0) is 24.4. The maximum atomic E-state index is 12.3. The van der Waals surface area contributed by atoms with Crippen molar-refractivity contribution < 1.29 is 14.3 Å². The summed E-state index contributed by atoms with van der Waals surface area (Å²) >= 11 is 0. The number of likely N-dealkylation sites (tertiary alicyclic amines) is 1. The van der Waals surface area contributed by atoms with Gasteiger partial charge in [-0.15, -0.1) is 0 Å². The average molecular weight is 477 g/mol. The van der Waals surface area contributed by atoms with Crippen molar-refractivity contribution in [2.75, 3.05) is 45.7 Å². The second-order valence-corrected chi connectivity index (χ2v) is 10.1. The third-order valence-corrected chi connectivity index (χ3v) is 7.41. The zero-order valence-electron chi connectivity index (χ0n) is 21.0. The number of carbonyl (C=O) groups excluding carboxylic acids is 1. The van der Waals surface area contributed by atoms with Crippen molar-refractivity contribution >= 4 is 28.1 Å². The van der Waals surface area contributed by atoms with E-state index in [0.29, 0.717) is 24.7 Å². The molecule has 1 amide bonds. The number of rotatable bonds is 7. The molecular formula is C28H36N4O3. The van der Waals surface area contributed by atoms with Crippen LogP contribution >= 0.6 is 0 Å². The van der Waals surface area contributed by atoms with Crippen molar-refractivity contribution in [3.8, 4) is 11.5 Å². The lowest BCUT2D eigenvalue weighted by molar-refractivity contribution is -0.132. The van der Waals surface area contributed by atoms with Gasteiger partial charge in [0.1, 0.15) is 0 Å². The van der Waals surface area contributed by atoms with Crippen LogP contribution in [0.1, 0.15) is 44.7 Å². The van der Waals surface area contributed by atoms with Crippen molar-refractivity contribution in [2.45, 2.75) is 45.1 Å². The number of piperidine rings is 2. The number of fused-ring (bicyclic) bond motifs is 1. The molecule has 1 aromatic carbocycles. The van der Waals surface area contributed by atoms with Gasteiger partial charge in [-0.05, 0) is 69.3 Å². The highest BCUT2D eigenvalue weighted by Crippen LogP contribution is 2.38. The molecule has 2 fully saturated rings. The molecule has 2 aliphatic heterocycles. The predicted octanol–water partition coefficient (Wildman–Crippen LogP) is 4.39. The van der Waals surface area contributed by atoms with Crippen LogP contribution in [0, 0.1) is 5.92 Å². The van der Waals surface area contributed by atoms with Crippen LogP contribution in [0.3, 0.4) is 0 Å². The molecule has 2 aromatic rings. The summed E-state index contributed by atoms with van der Waals surface area (Å²) in [4.78, 5) is 19.2. The fourth-order valence-corrected chi connectivity index (χ4v) is 5.17. The second kappa shape index (κ2) is 10.3. The maximum Gasteiger partial charge on any atom is 0.224 e. The third kappa shape index (κ3) is 5.30. The SMILES string of the molecule is COc1cc2c(NC3CCN(C)C(=O)C3)cc(C3=CC=C(C)C3)nc2cc1OCC1CCNCC1. The number of nitrogens with zero attached hydrogens (tertiary/aromatic N) is 2. The number of methoxy groups -OCH3 is 1. The summed E-state index contributed by atoms with van der Waals surface area (Å²) in [7, 11) is 3.55. The summed E-state index contributed by atoms with van der Waals surface area (Å²) in [5.41, 5.74) is 5.36. The molecule has 186 valence electrons. The minimum Gasteiger partial charge on any atom is -0.493 e. The maximum absolute atomic E-state index is 12.3. The Morgan fingerprint density at radius 1 is 1.14 bits per heavy atom. The molecule has 7 heteroatoms. The Balaban J connectivity index is 1.49. The van der Waals surface area contributed by atoms with Gasteiger partial charge in [-0.1, -0.05) is 17.7 Å². The smallest absolute Gasteiger partial charge is 0.224 e. The number of hydrogen-bond donors (Lipinski definition) is 2. The molecule has 2 saturated heterocycles. The number of hydrogen-bond acceptors (Lipinski definition) is 6. The number of pyridine rings is 1. The summed E-state index contributed by atoms with van der Waals surface area (Å²) < 4.78 is 12.0. The highest BCUT2D eigenvalue weighted by Gasteiger charge is 2.25. The number of allylic oxidation sites excluding steroid dienone is 4. The van der Waals surface area contributed by atoms with E-state index in [1.54, 1.807) is 12.0 Å². The van der Waals surface area contributed by atoms with E-state index in [4.69, 9.17) is 14.5 Å². The van der Waals surface area contributed by atoms with E-state index in [0.717, 1.165) is 73.4 Å². The number of aromatic nitrogens is 1. The molecule has 1 aliphatic carbocycles. The Kier molecular flexibility index (Phi) is 6.95. The molecule has 7 nitrogen and oxygen atoms in total. The molecule has 0 spiro atoms. The van der Waals surface area contributed by atoms with Crippen LogP contribution in [-0.2, 0) is 4.79 Å². The molecule has 1 unspecified atom stereocenters. The summed E-state index contributed by atoms with van der Waals surface area (Å²) in [6, 6.07) is 6.25. The Morgan fingerprint density at radius 3 is 2.69 bits per heavy atom. The number of anilines is 1. The number of carbonyl (C=O) groups is 1. The van der Waals surface area contributed by atoms with Crippen molar-refractivity contribution in [1.29, 1.82) is 0 Å². The lowest BCUT2D eigenvalue weighted by Gasteiger charge is -2.30. The molecule has 2 N–H and O–H groups in total. The Morgan fingerprint density at radius 2 is 1.97 bits per heavy atom. The van der Waals surface area contributed by atoms with E-state index in [-0.39, 0.29) is 11.9 Å². The van der Waals surface area contributed by atoms with Crippen molar-refractivity contribution in [3.05, 3.63) is 41.6 Å². The van der Waals surface area contributed by atoms with Gasteiger partial charge >= 0.3 is 0 Å². The molecule has 1 aromatic heterocycles. The number of amides is 1. The Bertz CT molecular complexity index is 1170. The van der Waals surface area contributed by atoms with Crippen molar-refractivity contribution in [2.24, 2.45) is 5.92 Å². The van der Waals surface area contributed by atoms with E-state index in [2.05, 4.69) is 35.8 Å². The lowest BCUT2D eigenvalue weighted by Crippen LogP contribution is -2.41. The Hall–Kier alpha value is -3.06. The lowest BCUT2D eigenvalue weighted by atomic mass is 9.99.